The smallest absolute Gasteiger partial charge is 0.461 e. The van der Waals surface area contributed by atoms with Gasteiger partial charge in [-0.3, -0.25) is 4.68 Å². The van der Waals surface area contributed by atoms with Crippen molar-refractivity contribution in [1.82, 2.24) is 9.78 Å². The normalized spacial score (nSPS) is 10.0. The summed E-state index contributed by atoms with van der Waals surface area (Å²) in [6.45, 7) is 1.96. The van der Waals surface area contributed by atoms with Crippen molar-refractivity contribution in [1.29, 1.82) is 0 Å². The molecule has 0 aliphatic carbocycles. The summed E-state index contributed by atoms with van der Waals surface area (Å²) in [5.41, 5.74) is 0.213. The maximum atomic E-state index is 11.3. The van der Waals surface area contributed by atoms with Crippen LogP contribution in [0.3, 0.4) is 0 Å². The van der Waals surface area contributed by atoms with E-state index in [9.17, 15) is 4.79 Å². The van der Waals surface area contributed by atoms with E-state index in [1.165, 1.54) is 17.8 Å². The van der Waals surface area contributed by atoms with Gasteiger partial charge < -0.3 is 14.8 Å². The van der Waals surface area contributed by atoms with Crippen LogP contribution in [0.4, 0.5) is 0 Å². The molecule has 0 amide bonds. The summed E-state index contributed by atoms with van der Waals surface area (Å²) in [5, 5.41) is 21.3. The molecular weight excluding hydrogens is 187 g/mol. The van der Waals surface area contributed by atoms with Crippen LogP contribution in [0.5, 0.6) is 0 Å². The first-order chi connectivity index (χ1) is 6.56. The van der Waals surface area contributed by atoms with Crippen molar-refractivity contribution in [2.24, 2.45) is 7.05 Å². The lowest BCUT2D eigenvalue weighted by Gasteiger charge is -2.00. The molecule has 76 valence electrons. The summed E-state index contributed by atoms with van der Waals surface area (Å²) >= 11 is 0. The highest BCUT2D eigenvalue weighted by Crippen LogP contribution is 1.98. The van der Waals surface area contributed by atoms with Crippen LogP contribution >= 0.6 is 0 Å². The Labute approximate surface area is 81.3 Å². The monoisotopic (exact) mass is 198 g/mol. The van der Waals surface area contributed by atoms with Crippen molar-refractivity contribution >= 4 is 18.7 Å². The van der Waals surface area contributed by atoms with Gasteiger partial charge in [-0.25, -0.2) is 4.79 Å². The third kappa shape index (κ3) is 2.12. The maximum Gasteiger partial charge on any atom is 0.510 e. The van der Waals surface area contributed by atoms with Crippen LogP contribution in [0.1, 0.15) is 17.4 Å². The van der Waals surface area contributed by atoms with E-state index < -0.39 is 13.1 Å². The first kappa shape index (κ1) is 10.7. The molecule has 0 saturated carbocycles. The van der Waals surface area contributed by atoms with E-state index in [4.69, 9.17) is 14.8 Å². The molecule has 0 bridgehead atoms. The summed E-state index contributed by atoms with van der Waals surface area (Å²) in [6, 6.07) is 1.28. The molecule has 0 spiro atoms. The quantitative estimate of drug-likeness (QED) is 0.445. The molecule has 0 saturated heterocycles. The van der Waals surface area contributed by atoms with Crippen LogP contribution in [-0.4, -0.2) is 39.5 Å². The molecule has 1 heterocycles. The average Bonchev–Trinajstić information content (AvgIpc) is 2.48. The van der Waals surface area contributed by atoms with E-state index in [1.54, 1.807) is 6.92 Å². The second-order valence-electron chi connectivity index (χ2n) is 2.67. The fourth-order valence-corrected chi connectivity index (χ4v) is 1.01. The highest BCUT2D eigenvalue weighted by Gasteiger charge is 2.20. The molecule has 0 aliphatic rings. The van der Waals surface area contributed by atoms with Gasteiger partial charge in [0.25, 0.3) is 0 Å². The van der Waals surface area contributed by atoms with Gasteiger partial charge in [-0.1, -0.05) is 0 Å². The van der Waals surface area contributed by atoms with Gasteiger partial charge in [0.2, 0.25) is 0 Å². The van der Waals surface area contributed by atoms with E-state index in [1.807, 2.05) is 0 Å². The largest absolute Gasteiger partial charge is 0.510 e. The Morgan fingerprint density at radius 1 is 1.71 bits per heavy atom. The third-order valence-electron chi connectivity index (χ3n) is 1.65. The molecule has 1 rings (SSSR count). The van der Waals surface area contributed by atoms with Gasteiger partial charge in [-0.2, -0.15) is 5.10 Å². The predicted octanol–water partition coefficient (Wildman–Crippen LogP) is -1.72. The Morgan fingerprint density at radius 3 is 2.79 bits per heavy atom. The lowest BCUT2D eigenvalue weighted by atomic mass is 9.86. The molecule has 1 aromatic rings. The Morgan fingerprint density at radius 2 is 2.36 bits per heavy atom. The molecule has 0 aromatic carbocycles. The number of hydrogen-bond acceptors (Lipinski definition) is 5. The summed E-state index contributed by atoms with van der Waals surface area (Å²) < 4.78 is 5.98. The zero-order valence-electron chi connectivity index (χ0n) is 7.97. The highest BCUT2D eigenvalue weighted by atomic mass is 16.5. The number of rotatable bonds is 3. The van der Waals surface area contributed by atoms with Gasteiger partial charge in [0, 0.05) is 7.05 Å². The topological polar surface area (TPSA) is 84.6 Å². The zero-order valence-corrected chi connectivity index (χ0v) is 7.97. The van der Waals surface area contributed by atoms with Crippen LogP contribution in [-0.2, 0) is 11.8 Å². The fourth-order valence-electron chi connectivity index (χ4n) is 1.01. The van der Waals surface area contributed by atoms with E-state index in [0.29, 0.717) is 0 Å². The van der Waals surface area contributed by atoms with Crippen molar-refractivity contribution in [3.8, 4) is 0 Å². The molecule has 0 atom stereocenters. The summed E-state index contributed by atoms with van der Waals surface area (Å²) in [4.78, 5) is 11.3. The van der Waals surface area contributed by atoms with Gasteiger partial charge >= 0.3 is 13.1 Å². The number of nitrogens with zero attached hydrogens (tertiary/aromatic N) is 2. The van der Waals surface area contributed by atoms with E-state index in [2.05, 4.69) is 5.10 Å². The first-order valence-electron chi connectivity index (χ1n) is 4.13. The minimum absolute atomic E-state index is 0.0237. The number of esters is 1. The molecule has 2 N–H and O–H groups in total. The van der Waals surface area contributed by atoms with Gasteiger partial charge in [0.1, 0.15) is 5.69 Å². The number of ether oxygens (including phenoxy) is 1. The second kappa shape index (κ2) is 4.25. The lowest BCUT2D eigenvalue weighted by Crippen LogP contribution is -2.31. The third-order valence-corrected chi connectivity index (χ3v) is 1.65. The standard InChI is InChI=1S/C7H11BN2O4/c1-3-14-7(11)5-4-6(8(12)13)9-10(5)2/h4,12-13H,3H2,1-2H3. The number of hydrogen-bond donors (Lipinski definition) is 2. The van der Waals surface area contributed by atoms with Crippen LogP contribution in [0.25, 0.3) is 0 Å². The Balaban J connectivity index is 2.92. The Bertz CT molecular complexity index is 336. The van der Waals surface area contributed by atoms with Crippen molar-refractivity contribution < 1.29 is 19.6 Å². The van der Waals surface area contributed by atoms with Gasteiger partial charge in [-0.15, -0.1) is 0 Å². The SMILES string of the molecule is CCOC(=O)c1cc(B(O)O)nn1C. The summed E-state index contributed by atoms with van der Waals surface area (Å²) in [6.07, 6.45) is 0. The van der Waals surface area contributed by atoms with E-state index in [-0.39, 0.29) is 17.9 Å². The van der Waals surface area contributed by atoms with Crippen LogP contribution in [0.15, 0.2) is 6.07 Å². The second-order valence-corrected chi connectivity index (χ2v) is 2.67. The first-order valence-corrected chi connectivity index (χ1v) is 4.13. The molecule has 0 fully saturated rings. The number of carbonyl (C=O) groups excluding carboxylic acids is 1. The van der Waals surface area contributed by atoms with Crippen LogP contribution in [0, 0.1) is 0 Å². The van der Waals surface area contributed by atoms with Gasteiger partial charge in [0.05, 0.1) is 12.2 Å². The summed E-state index contributed by atoms with van der Waals surface area (Å²) in [5.74, 6) is -0.533. The van der Waals surface area contributed by atoms with Crippen LogP contribution < -0.4 is 5.59 Å². The van der Waals surface area contributed by atoms with Gasteiger partial charge in [0.15, 0.2) is 0 Å². The zero-order chi connectivity index (χ0) is 10.7. The number of aryl methyl sites for hydroxylation is 1. The Kier molecular flexibility index (Phi) is 3.26. The molecule has 1 aromatic heterocycles. The van der Waals surface area contributed by atoms with Crippen LogP contribution in [0.2, 0.25) is 0 Å². The lowest BCUT2D eigenvalue weighted by molar-refractivity contribution is 0.0513. The van der Waals surface area contributed by atoms with E-state index >= 15 is 0 Å². The predicted molar refractivity (Wildman–Crippen MR) is 49.0 cm³/mol. The molecule has 0 unspecified atom stereocenters. The fraction of sp³-hybridized carbons (Fsp3) is 0.429. The molecule has 7 heteroatoms. The van der Waals surface area contributed by atoms with Gasteiger partial charge in [-0.05, 0) is 13.0 Å². The summed E-state index contributed by atoms with van der Waals surface area (Å²) in [7, 11) is -0.151. The number of aromatic nitrogens is 2. The molecule has 0 aliphatic heterocycles. The van der Waals surface area contributed by atoms with Crippen molar-refractivity contribution in [2.45, 2.75) is 6.92 Å². The molecule has 0 radical (unpaired) electrons. The van der Waals surface area contributed by atoms with Crippen molar-refractivity contribution in [3.05, 3.63) is 11.8 Å². The minimum Gasteiger partial charge on any atom is -0.461 e. The number of carbonyl (C=O) groups is 1. The maximum absolute atomic E-state index is 11.3. The molecule has 6 nitrogen and oxygen atoms in total. The highest BCUT2D eigenvalue weighted by molar-refractivity contribution is 6.57. The average molecular weight is 198 g/mol. The molecule has 14 heavy (non-hydrogen) atoms. The minimum atomic E-state index is -1.68. The van der Waals surface area contributed by atoms with E-state index in [0.717, 1.165) is 0 Å². The van der Waals surface area contributed by atoms with Crippen molar-refractivity contribution in [3.63, 3.8) is 0 Å². The Hall–Kier alpha value is -1.34. The van der Waals surface area contributed by atoms with Crippen molar-refractivity contribution in [2.75, 3.05) is 6.61 Å². The molecular formula is C7H11BN2O4.